The van der Waals surface area contributed by atoms with Crippen LogP contribution in [0.5, 0.6) is 0 Å². The normalized spacial score (nSPS) is 10.7. The molecule has 3 rings (SSSR count). The highest BCUT2D eigenvalue weighted by Crippen LogP contribution is 2.23. The van der Waals surface area contributed by atoms with E-state index in [4.69, 9.17) is 0 Å². The zero-order valence-electron chi connectivity index (χ0n) is 17.8. The molecule has 1 heterocycles. The number of nitrogens with one attached hydrogen (secondary N) is 2. The van der Waals surface area contributed by atoms with Gasteiger partial charge in [-0.05, 0) is 56.2 Å². The molecule has 2 aromatic carbocycles. The Bertz CT molecular complexity index is 1090. The van der Waals surface area contributed by atoms with Crippen molar-refractivity contribution >= 4 is 35.0 Å². The van der Waals surface area contributed by atoms with Crippen LogP contribution in [0.25, 0.3) is 0 Å². The van der Waals surface area contributed by atoms with Gasteiger partial charge in [0.05, 0.1) is 12.2 Å². The maximum absolute atomic E-state index is 13.0. The van der Waals surface area contributed by atoms with E-state index in [0.29, 0.717) is 16.7 Å². The van der Waals surface area contributed by atoms with Crippen molar-refractivity contribution < 1.29 is 14.0 Å². The summed E-state index contributed by atoms with van der Waals surface area (Å²) >= 11 is 1.25. The molecule has 9 heteroatoms. The average molecular weight is 442 g/mol. The van der Waals surface area contributed by atoms with Crippen molar-refractivity contribution in [3.05, 3.63) is 64.7 Å². The van der Waals surface area contributed by atoms with E-state index in [2.05, 4.69) is 20.8 Å². The van der Waals surface area contributed by atoms with Gasteiger partial charge in [-0.2, -0.15) is 0 Å². The first-order valence-electron chi connectivity index (χ1n) is 9.67. The summed E-state index contributed by atoms with van der Waals surface area (Å²) in [6.07, 6.45) is 0.00931. The zero-order chi connectivity index (χ0) is 22.5. The number of aromatic nitrogens is 3. The molecule has 1 aromatic heterocycles. The Labute approximate surface area is 184 Å². The number of carbonyl (C=O) groups is 2. The van der Waals surface area contributed by atoms with Crippen LogP contribution in [0.2, 0.25) is 0 Å². The van der Waals surface area contributed by atoms with Gasteiger partial charge in [0.1, 0.15) is 11.6 Å². The molecule has 0 unspecified atom stereocenters. The number of hydrogen-bond acceptors (Lipinski definition) is 5. The molecule has 0 atom stereocenters. The highest BCUT2D eigenvalue weighted by molar-refractivity contribution is 7.99. The molecule has 2 amide bonds. The average Bonchev–Trinajstić information content (AvgIpc) is 3.04. The van der Waals surface area contributed by atoms with Crippen molar-refractivity contribution in [3.8, 4) is 0 Å². The highest BCUT2D eigenvalue weighted by atomic mass is 32.2. The quantitative estimate of drug-likeness (QED) is 0.545. The second-order valence-corrected chi connectivity index (χ2v) is 8.24. The molecule has 0 fully saturated rings. The predicted octanol–water partition coefficient (Wildman–Crippen LogP) is 3.79. The third kappa shape index (κ3) is 5.91. The Morgan fingerprint density at radius 3 is 2.29 bits per heavy atom. The number of rotatable bonds is 7. The minimum absolute atomic E-state index is 0.00931. The maximum atomic E-state index is 13.0. The highest BCUT2D eigenvalue weighted by Gasteiger charge is 2.15. The van der Waals surface area contributed by atoms with E-state index in [1.54, 1.807) is 11.6 Å². The molecule has 0 bridgehead atoms. The van der Waals surface area contributed by atoms with E-state index in [1.165, 1.54) is 36.0 Å². The van der Waals surface area contributed by atoms with Crippen LogP contribution in [0.1, 0.15) is 22.5 Å². The van der Waals surface area contributed by atoms with Crippen LogP contribution in [-0.4, -0.2) is 32.3 Å². The zero-order valence-corrected chi connectivity index (χ0v) is 18.6. The predicted molar refractivity (Wildman–Crippen MR) is 120 cm³/mol. The van der Waals surface area contributed by atoms with E-state index in [9.17, 15) is 14.0 Å². The number of carbonyl (C=O) groups excluding carboxylic acids is 2. The number of benzene rings is 2. The molecule has 0 saturated carbocycles. The summed E-state index contributed by atoms with van der Waals surface area (Å²) in [7, 11) is 1.75. The lowest BCUT2D eigenvalue weighted by molar-refractivity contribution is -0.116. The molecule has 0 aliphatic carbocycles. The van der Waals surface area contributed by atoms with Gasteiger partial charge in [-0.15, -0.1) is 10.2 Å². The molecular weight excluding hydrogens is 417 g/mol. The number of anilines is 2. The molecule has 7 nitrogen and oxygen atoms in total. The Morgan fingerprint density at radius 2 is 1.65 bits per heavy atom. The number of halogens is 1. The van der Waals surface area contributed by atoms with Crippen molar-refractivity contribution in [2.45, 2.75) is 32.3 Å². The van der Waals surface area contributed by atoms with E-state index >= 15 is 0 Å². The van der Waals surface area contributed by atoms with Crippen LogP contribution in [0.4, 0.5) is 15.8 Å². The largest absolute Gasteiger partial charge is 0.326 e. The Hall–Kier alpha value is -3.20. The minimum Gasteiger partial charge on any atom is -0.326 e. The molecule has 0 spiro atoms. The fourth-order valence-electron chi connectivity index (χ4n) is 3.19. The number of nitrogens with zero attached hydrogens (tertiary/aromatic N) is 3. The van der Waals surface area contributed by atoms with Gasteiger partial charge >= 0.3 is 0 Å². The van der Waals surface area contributed by atoms with Gasteiger partial charge < -0.3 is 15.2 Å². The van der Waals surface area contributed by atoms with Gasteiger partial charge in [-0.3, -0.25) is 9.59 Å². The Morgan fingerprint density at radius 1 is 1.00 bits per heavy atom. The number of hydrogen-bond donors (Lipinski definition) is 2. The molecular formula is C22H24FN5O2S. The van der Waals surface area contributed by atoms with Crippen LogP contribution in [0, 0.1) is 26.6 Å². The van der Waals surface area contributed by atoms with Gasteiger partial charge in [0.25, 0.3) is 0 Å². The van der Waals surface area contributed by atoms with Crippen LogP contribution in [0.15, 0.2) is 41.6 Å². The summed E-state index contributed by atoms with van der Waals surface area (Å²) in [5, 5.41) is 14.3. The second-order valence-electron chi connectivity index (χ2n) is 7.30. The summed E-state index contributed by atoms with van der Waals surface area (Å²) in [4.78, 5) is 24.6. The van der Waals surface area contributed by atoms with Crippen LogP contribution < -0.4 is 10.6 Å². The SMILES string of the molecule is Cc1cc(C)c(NC(=O)CSc2nnc(CC(=O)Nc3ccc(F)cc3)n2C)c(C)c1. The van der Waals surface area contributed by atoms with E-state index in [0.717, 1.165) is 22.4 Å². The standard InChI is InChI=1S/C22H24FN5O2S/c1-13-9-14(2)21(15(3)10-13)25-20(30)12-31-22-27-26-18(28(22)4)11-19(29)24-17-7-5-16(23)6-8-17/h5-10H,11-12H2,1-4H3,(H,24,29)(H,25,30). The van der Waals surface area contributed by atoms with E-state index in [-0.39, 0.29) is 29.8 Å². The summed E-state index contributed by atoms with van der Waals surface area (Å²) in [6.45, 7) is 5.95. The van der Waals surface area contributed by atoms with Crippen molar-refractivity contribution in [2.75, 3.05) is 16.4 Å². The molecule has 162 valence electrons. The minimum atomic E-state index is -0.371. The summed E-state index contributed by atoms with van der Waals surface area (Å²) in [5.74, 6) is -0.168. The summed E-state index contributed by atoms with van der Waals surface area (Å²) in [5.41, 5.74) is 4.51. The Balaban J connectivity index is 1.56. The fraction of sp³-hybridized carbons (Fsp3) is 0.273. The van der Waals surface area contributed by atoms with Crippen molar-refractivity contribution in [1.82, 2.24) is 14.8 Å². The van der Waals surface area contributed by atoms with Gasteiger partial charge in [-0.1, -0.05) is 29.5 Å². The van der Waals surface area contributed by atoms with Gasteiger partial charge in [0.2, 0.25) is 11.8 Å². The third-order valence-electron chi connectivity index (χ3n) is 4.65. The summed E-state index contributed by atoms with van der Waals surface area (Å²) in [6, 6.07) is 9.58. The van der Waals surface area contributed by atoms with Gasteiger partial charge in [0, 0.05) is 18.4 Å². The molecule has 31 heavy (non-hydrogen) atoms. The summed E-state index contributed by atoms with van der Waals surface area (Å²) < 4.78 is 14.7. The van der Waals surface area contributed by atoms with Gasteiger partial charge in [-0.25, -0.2) is 4.39 Å². The molecule has 2 N–H and O–H groups in total. The first-order valence-corrected chi connectivity index (χ1v) is 10.7. The fourth-order valence-corrected chi connectivity index (χ4v) is 3.92. The smallest absolute Gasteiger partial charge is 0.234 e. The van der Waals surface area contributed by atoms with Crippen molar-refractivity contribution in [2.24, 2.45) is 7.05 Å². The monoisotopic (exact) mass is 441 g/mol. The first kappa shape index (κ1) is 22.5. The molecule has 3 aromatic rings. The van der Waals surface area contributed by atoms with Gasteiger partial charge in [0.15, 0.2) is 5.16 Å². The van der Waals surface area contributed by atoms with Crippen LogP contribution >= 0.6 is 11.8 Å². The number of thioether (sulfide) groups is 1. The van der Waals surface area contributed by atoms with Crippen LogP contribution in [-0.2, 0) is 23.1 Å². The topological polar surface area (TPSA) is 88.9 Å². The van der Waals surface area contributed by atoms with E-state index < -0.39 is 0 Å². The third-order valence-corrected chi connectivity index (χ3v) is 5.67. The lowest BCUT2D eigenvalue weighted by atomic mass is 10.1. The number of amides is 2. The van der Waals surface area contributed by atoms with E-state index in [1.807, 2.05) is 32.9 Å². The number of aryl methyl sites for hydroxylation is 3. The van der Waals surface area contributed by atoms with Crippen LogP contribution in [0.3, 0.4) is 0 Å². The lowest BCUT2D eigenvalue weighted by Gasteiger charge is -2.12. The first-order chi connectivity index (χ1) is 14.7. The lowest BCUT2D eigenvalue weighted by Crippen LogP contribution is -2.17. The molecule has 0 aliphatic heterocycles. The molecule has 0 radical (unpaired) electrons. The second kappa shape index (κ2) is 9.74. The Kier molecular flexibility index (Phi) is 7.06. The van der Waals surface area contributed by atoms with Crippen molar-refractivity contribution in [1.29, 1.82) is 0 Å². The van der Waals surface area contributed by atoms with Crippen molar-refractivity contribution in [3.63, 3.8) is 0 Å². The molecule has 0 aliphatic rings. The molecule has 0 saturated heterocycles. The maximum Gasteiger partial charge on any atom is 0.234 e.